The summed E-state index contributed by atoms with van der Waals surface area (Å²) in [4.78, 5) is 0. The molecule has 0 saturated heterocycles. The maximum absolute atomic E-state index is 14.1. The molecule has 0 aliphatic rings. The Morgan fingerprint density at radius 3 is 2.65 bits per heavy atom. The number of benzene rings is 1. The van der Waals surface area contributed by atoms with E-state index in [2.05, 4.69) is 5.10 Å². The van der Waals surface area contributed by atoms with E-state index in [1.54, 1.807) is 17.8 Å². The summed E-state index contributed by atoms with van der Waals surface area (Å²) in [5, 5.41) is 5.21. The van der Waals surface area contributed by atoms with Crippen LogP contribution < -0.4 is 5.73 Å². The number of nitrogens with two attached hydrogens (primary N) is 1. The summed E-state index contributed by atoms with van der Waals surface area (Å²) in [7, 11) is 1.89. The number of rotatable bonds is 5. The summed E-state index contributed by atoms with van der Waals surface area (Å²) in [6, 6.07) is 8.74. The lowest BCUT2D eigenvalue weighted by Gasteiger charge is -2.23. The third-order valence-electron chi connectivity index (χ3n) is 3.28. The smallest absolute Gasteiger partial charge is 0.127 e. The highest BCUT2D eigenvalue weighted by Crippen LogP contribution is 2.39. The summed E-state index contributed by atoms with van der Waals surface area (Å²) in [5.74, 6) is -0.201. The number of nitrogens with zero attached hydrogens (tertiary/aromatic N) is 2. The van der Waals surface area contributed by atoms with Crippen LogP contribution in [0.5, 0.6) is 0 Å². The Hall–Kier alpha value is -1.33. The lowest BCUT2D eigenvalue weighted by Crippen LogP contribution is -2.26. The molecule has 1 aromatic carbocycles. The Labute approximate surface area is 123 Å². The zero-order chi connectivity index (χ0) is 14.7. The molecule has 2 N–H and O–H groups in total. The minimum atomic E-state index is -0.201. The molecule has 2 rings (SSSR count). The molecular weight excluding hydrogens is 273 g/mol. The summed E-state index contributed by atoms with van der Waals surface area (Å²) < 4.78 is 15.9. The minimum Gasteiger partial charge on any atom is -0.326 e. The second kappa shape index (κ2) is 6.41. The Morgan fingerprint density at radius 1 is 1.40 bits per heavy atom. The van der Waals surface area contributed by atoms with Crippen molar-refractivity contribution in [2.45, 2.75) is 36.6 Å². The van der Waals surface area contributed by atoms with Gasteiger partial charge in [0.1, 0.15) is 5.82 Å². The number of thioether (sulfide) groups is 1. The second-order valence-corrected chi connectivity index (χ2v) is 6.04. The SMILES string of the molecule is CCC(N)C(Sc1cc(C)nn1C)c1ccccc1F. The molecule has 0 bridgehead atoms. The Bertz CT molecular complexity index is 582. The van der Waals surface area contributed by atoms with Crippen LogP contribution in [-0.4, -0.2) is 15.8 Å². The van der Waals surface area contributed by atoms with Gasteiger partial charge in [-0.15, -0.1) is 0 Å². The first kappa shape index (κ1) is 15.1. The van der Waals surface area contributed by atoms with Crippen molar-refractivity contribution in [1.29, 1.82) is 0 Å². The van der Waals surface area contributed by atoms with Crippen LogP contribution in [0, 0.1) is 12.7 Å². The predicted molar refractivity (Wildman–Crippen MR) is 81.2 cm³/mol. The average Bonchev–Trinajstić information content (AvgIpc) is 2.74. The largest absolute Gasteiger partial charge is 0.326 e. The van der Waals surface area contributed by atoms with Gasteiger partial charge in [-0.05, 0) is 25.5 Å². The van der Waals surface area contributed by atoms with E-state index >= 15 is 0 Å². The van der Waals surface area contributed by atoms with E-state index in [-0.39, 0.29) is 17.1 Å². The van der Waals surface area contributed by atoms with E-state index in [0.29, 0.717) is 5.56 Å². The molecule has 108 valence electrons. The molecule has 2 unspecified atom stereocenters. The third kappa shape index (κ3) is 3.22. The van der Waals surface area contributed by atoms with Crippen molar-refractivity contribution >= 4 is 11.8 Å². The van der Waals surface area contributed by atoms with E-state index in [1.165, 1.54) is 6.07 Å². The van der Waals surface area contributed by atoms with Crippen molar-refractivity contribution in [2.24, 2.45) is 12.8 Å². The maximum Gasteiger partial charge on any atom is 0.127 e. The fraction of sp³-hybridized carbons (Fsp3) is 0.400. The van der Waals surface area contributed by atoms with Gasteiger partial charge in [0.15, 0.2) is 0 Å². The van der Waals surface area contributed by atoms with Gasteiger partial charge < -0.3 is 5.73 Å². The van der Waals surface area contributed by atoms with Crippen LogP contribution >= 0.6 is 11.8 Å². The number of hydrogen-bond acceptors (Lipinski definition) is 3. The van der Waals surface area contributed by atoms with Gasteiger partial charge in [-0.3, -0.25) is 4.68 Å². The minimum absolute atomic E-state index is 0.105. The highest BCUT2D eigenvalue weighted by molar-refractivity contribution is 7.99. The molecule has 2 atom stereocenters. The van der Waals surface area contributed by atoms with E-state index < -0.39 is 0 Å². The van der Waals surface area contributed by atoms with Crippen LogP contribution in [0.15, 0.2) is 35.4 Å². The molecule has 0 radical (unpaired) electrons. The van der Waals surface area contributed by atoms with Gasteiger partial charge in [-0.1, -0.05) is 36.9 Å². The van der Waals surface area contributed by atoms with Crippen molar-refractivity contribution in [1.82, 2.24) is 9.78 Å². The van der Waals surface area contributed by atoms with Crippen molar-refractivity contribution in [3.63, 3.8) is 0 Å². The lowest BCUT2D eigenvalue weighted by molar-refractivity contribution is 0.571. The van der Waals surface area contributed by atoms with Crippen LogP contribution in [0.25, 0.3) is 0 Å². The Morgan fingerprint density at radius 2 is 2.10 bits per heavy atom. The monoisotopic (exact) mass is 293 g/mol. The number of aryl methyl sites for hydroxylation is 2. The predicted octanol–water partition coefficient (Wildman–Crippen LogP) is 3.44. The van der Waals surface area contributed by atoms with Crippen LogP contribution in [0.4, 0.5) is 4.39 Å². The highest BCUT2D eigenvalue weighted by Gasteiger charge is 2.24. The normalized spacial score (nSPS) is 14.2. The van der Waals surface area contributed by atoms with Gasteiger partial charge in [0.2, 0.25) is 0 Å². The van der Waals surface area contributed by atoms with Crippen LogP contribution in [0.1, 0.15) is 29.9 Å². The Balaban J connectivity index is 2.34. The van der Waals surface area contributed by atoms with Crippen molar-refractivity contribution in [3.05, 3.63) is 47.4 Å². The molecule has 0 spiro atoms. The summed E-state index contributed by atoms with van der Waals surface area (Å²) in [5.41, 5.74) is 7.81. The molecule has 3 nitrogen and oxygen atoms in total. The molecule has 20 heavy (non-hydrogen) atoms. The molecule has 0 fully saturated rings. The average molecular weight is 293 g/mol. The summed E-state index contributed by atoms with van der Waals surface area (Å²) >= 11 is 1.57. The van der Waals surface area contributed by atoms with Crippen molar-refractivity contribution < 1.29 is 4.39 Å². The number of aromatic nitrogens is 2. The molecule has 0 saturated carbocycles. The molecule has 5 heteroatoms. The van der Waals surface area contributed by atoms with E-state index in [1.807, 2.05) is 43.8 Å². The highest BCUT2D eigenvalue weighted by atomic mass is 32.2. The molecule has 2 aromatic rings. The molecule has 0 aliphatic heterocycles. The quantitative estimate of drug-likeness (QED) is 0.859. The van der Waals surface area contributed by atoms with E-state index in [0.717, 1.165) is 17.1 Å². The van der Waals surface area contributed by atoms with Crippen molar-refractivity contribution in [3.8, 4) is 0 Å². The summed E-state index contributed by atoms with van der Waals surface area (Å²) in [6.07, 6.45) is 0.794. The van der Waals surface area contributed by atoms with Gasteiger partial charge in [0, 0.05) is 18.7 Å². The first-order valence-electron chi connectivity index (χ1n) is 6.70. The van der Waals surface area contributed by atoms with E-state index in [9.17, 15) is 4.39 Å². The topological polar surface area (TPSA) is 43.8 Å². The molecule has 1 aromatic heterocycles. The van der Waals surface area contributed by atoms with Crippen molar-refractivity contribution in [2.75, 3.05) is 0 Å². The number of halogens is 1. The second-order valence-electron chi connectivity index (χ2n) is 4.88. The third-order valence-corrected chi connectivity index (χ3v) is 4.76. The number of hydrogen-bond donors (Lipinski definition) is 1. The lowest BCUT2D eigenvalue weighted by atomic mass is 10.0. The molecule has 0 amide bonds. The fourth-order valence-electron chi connectivity index (χ4n) is 2.13. The van der Waals surface area contributed by atoms with Gasteiger partial charge in [-0.2, -0.15) is 5.10 Å². The maximum atomic E-state index is 14.1. The first-order chi connectivity index (χ1) is 9.52. The summed E-state index contributed by atoms with van der Waals surface area (Å²) in [6.45, 7) is 3.97. The van der Waals surface area contributed by atoms with Crippen LogP contribution in [0.2, 0.25) is 0 Å². The molecule has 0 aliphatic carbocycles. The van der Waals surface area contributed by atoms with E-state index in [4.69, 9.17) is 5.73 Å². The fourth-order valence-corrected chi connectivity index (χ4v) is 3.51. The molecule has 1 heterocycles. The zero-order valence-electron chi connectivity index (χ0n) is 12.0. The first-order valence-corrected chi connectivity index (χ1v) is 7.58. The molecular formula is C15H20FN3S. The standard InChI is InChI=1S/C15H20FN3S/c1-4-13(17)15(11-7-5-6-8-12(11)16)20-14-9-10(2)18-19(14)3/h5-9,13,15H,4,17H2,1-3H3. The Kier molecular flexibility index (Phi) is 4.83. The van der Waals surface area contributed by atoms with Gasteiger partial charge >= 0.3 is 0 Å². The van der Waals surface area contributed by atoms with Gasteiger partial charge in [-0.25, -0.2) is 4.39 Å². The van der Waals surface area contributed by atoms with Gasteiger partial charge in [0.05, 0.1) is 16.0 Å². The van der Waals surface area contributed by atoms with Crippen LogP contribution in [0.3, 0.4) is 0 Å². The van der Waals surface area contributed by atoms with Gasteiger partial charge in [0.25, 0.3) is 0 Å². The van der Waals surface area contributed by atoms with Crippen LogP contribution in [-0.2, 0) is 7.05 Å². The zero-order valence-corrected chi connectivity index (χ0v) is 12.8.